The van der Waals surface area contributed by atoms with Crippen molar-refractivity contribution in [1.29, 1.82) is 0 Å². The van der Waals surface area contributed by atoms with Gasteiger partial charge in [-0.1, -0.05) is 31.1 Å². The Kier molecular flexibility index (Phi) is 14.2. The summed E-state index contributed by atoms with van der Waals surface area (Å²) in [6, 6.07) is 0. The molecule has 2 N–H and O–H groups in total. The molecule has 0 bridgehead atoms. The van der Waals surface area contributed by atoms with E-state index >= 15 is 0 Å². The highest BCUT2D eigenvalue weighted by molar-refractivity contribution is 6.13. The predicted molar refractivity (Wildman–Crippen MR) is 196 cm³/mol. The van der Waals surface area contributed by atoms with Gasteiger partial charge in [-0.3, -0.25) is 19.3 Å². The molecule has 0 fully saturated rings. The number of azide groups is 1. The Labute approximate surface area is 312 Å². The molecule has 1 aliphatic heterocycles. The van der Waals surface area contributed by atoms with Gasteiger partial charge in [-0.05, 0) is 96.1 Å². The molecule has 0 saturated carbocycles. The minimum absolute atomic E-state index is 0.0637. The normalized spacial score (nSPS) is 17.8. The van der Waals surface area contributed by atoms with Gasteiger partial charge in [0.2, 0.25) is 5.91 Å². The second kappa shape index (κ2) is 18.2. The Bertz CT molecular complexity index is 1590. The van der Waals surface area contributed by atoms with Crippen molar-refractivity contribution in [2.45, 2.75) is 130 Å². The molecule has 4 amide bonds. The number of alkyl carbamates (subject to hydrolysis) is 1. The zero-order chi connectivity index (χ0) is 38.8. The molecule has 1 aromatic rings. The van der Waals surface area contributed by atoms with Crippen molar-refractivity contribution < 1.29 is 33.4 Å². The zero-order valence-electron chi connectivity index (χ0n) is 32.4. The van der Waals surface area contributed by atoms with E-state index in [4.69, 9.17) is 19.7 Å². The lowest BCUT2D eigenvalue weighted by atomic mass is 10.00. The van der Waals surface area contributed by atoms with Crippen LogP contribution in [0.1, 0.15) is 105 Å². The van der Waals surface area contributed by atoms with Crippen LogP contribution in [0.5, 0.6) is 0 Å². The monoisotopic (exact) mass is 739 g/mol. The molecule has 292 valence electrons. The van der Waals surface area contributed by atoms with Gasteiger partial charge in [0.25, 0.3) is 11.8 Å². The molecule has 3 aliphatic rings. The van der Waals surface area contributed by atoms with Gasteiger partial charge < -0.3 is 24.8 Å². The summed E-state index contributed by atoms with van der Waals surface area (Å²) in [6.07, 6.45) is 7.91. The van der Waals surface area contributed by atoms with E-state index in [1.54, 1.807) is 0 Å². The van der Waals surface area contributed by atoms with Crippen molar-refractivity contribution in [3.05, 3.63) is 45.3 Å². The van der Waals surface area contributed by atoms with Crippen molar-refractivity contribution >= 4 is 23.8 Å². The molecular weight excluding hydrogens is 682 g/mol. The number of aryl methyl sites for hydroxylation is 2. The van der Waals surface area contributed by atoms with Gasteiger partial charge in [0.1, 0.15) is 5.76 Å². The quantitative estimate of drug-likeness (QED) is 0.0747. The second-order valence-corrected chi connectivity index (χ2v) is 16.1. The van der Waals surface area contributed by atoms with Crippen LogP contribution in [0.4, 0.5) is 4.79 Å². The minimum Gasteiger partial charge on any atom is -0.414 e. The summed E-state index contributed by atoms with van der Waals surface area (Å²) in [6.45, 7) is 16.5. The number of aromatic nitrogens is 3. The molecule has 2 heterocycles. The fraction of sp³-hybridized carbons (Fsp3) is 0.730. The van der Waals surface area contributed by atoms with Crippen LogP contribution in [0.2, 0.25) is 0 Å². The van der Waals surface area contributed by atoms with Crippen LogP contribution in [0.3, 0.4) is 0 Å². The minimum atomic E-state index is -0.494. The maximum atomic E-state index is 12.7. The Morgan fingerprint density at radius 2 is 1.68 bits per heavy atom. The molecule has 16 nitrogen and oxygen atoms in total. The number of fused-ring (bicyclic) bond motifs is 2. The maximum Gasteiger partial charge on any atom is 0.412 e. The number of imide groups is 1. The highest BCUT2D eigenvalue weighted by atomic mass is 16.6. The molecule has 2 unspecified atom stereocenters. The standard InChI is InChI=1S/C37H57N9O7/c1-25(24-40-30(47)14-20-45-31(48)12-13-32(45)49)15-22-51-36(4,5)16-19-39-34(50)53-33-26-8-10-28-29(11-9-27(26)33)46(44-41-28)21-17-37(6,7)52-23-18-35(2,3)42-43-38/h12-13,25,27H,8-11,14-24H2,1-7H3,(H,39,50)(H,40,47). The van der Waals surface area contributed by atoms with E-state index in [2.05, 4.69) is 44.8 Å². The van der Waals surface area contributed by atoms with Crippen molar-refractivity contribution in [1.82, 2.24) is 30.5 Å². The molecule has 4 rings (SSSR count). The molecule has 2 aliphatic carbocycles. The third-order valence-electron chi connectivity index (χ3n) is 10.1. The molecule has 0 aromatic carbocycles. The maximum absolute atomic E-state index is 12.7. The summed E-state index contributed by atoms with van der Waals surface area (Å²) in [5.74, 6) is 0.109. The molecule has 53 heavy (non-hydrogen) atoms. The number of nitrogens with one attached hydrogen (secondary N) is 2. The lowest BCUT2D eigenvalue weighted by Gasteiger charge is -2.27. The van der Waals surface area contributed by atoms with Crippen LogP contribution in [0, 0.1) is 11.8 Å². The van der Waals surface area contributed by atoms with Gasteiger partial charge in [-0.2, -0.15) is 0 Å². The highest BCUT2D eigenvalue weighted by Gasteiger charge is 2.41. The van der Waals surface area contributed by atoms with E-state index in [-0.39, 0.29) is 36.3 Å². The largest absolute Gasteiger partial charge is 0.414 e. The van der Waals surface area contributed by atoms with E-state index in [0.29, 0.717) is 45.7 Å². The molecule has 2 atom stereocenters. The first kappa shape index (κ1) is 41.5. The first-order chi connectivity index (χ1) is 25.0. The average molecular weight is 740 g/mol. The summed E-state index contributed by atoms with van der Waals surface area (Å²) in [5.41, 5.74) is 10.7. The Hall–Kier alpha value is -4.27. The Morgan fingerprint density at radius 3 is 2.40 bits per heavy atom. The SMILES string of the molecule is CC(CCOC(C)(C)CCNC(=O)OC1=C2CCc3nnn(CCC(C)(C)OCCC(C)(C)N=[N+]=[N-])c3CCC21)CNC(=O)CCN1C(=O)C=CC1=O. The molecule has 0 spiro atoms. The lowest BCUT2D eigenvalue weighted by Crippen LogP contribution is -2.36. The van der Waals surface area contributed by atoms with Gasteiger partial charge in [-0.25, -0.2) is 9.48 Å². The lowest BCUT2D eigenvalue weighted by molar-refractivity contribution is -0.137. The topological polar surface area (TPSA) is 203 Å². The number of rotatable bonds is 21. The van der Waals surface area contributed by atoms with Crippen LogP contribution in [-0.2, 0) is 48.0 Å². The second-order valence-electron chi connectivity index (χ2n) is 16.1. The fourth-order valence-electron chi connectivity index (χ4n) is 6.33. The average Bonchev–Trinajstić information content (AvgIpc) is 3.35. The Balaban J connectivity index is 1.09. The van der Waals surface area contributed by atoms with Gasteiger partial charge in [0, 0.05) is 74.3 Å². The van der Waals surface area contributed by atoms with E-state index in [9.17, 15) is 19.2 Å². The predicted octanol–water partition coefficient (Wildman–Crippen LogP) is 5.07. The third-order valence-corrected chi connectivity index (χ3v) is 10.1. The van der Waals surface area contributed by atoms with Gasteiger partial charge in [0.05, 0.1) is 22.6 Å². The van der Waals surface area contributed by atoms with Crippen molar-refractivity contribution in [2.24, 2.45) is 17.0 Å². The van der Waals surface area contributed by atoms with Crippen LogP contribution in [0.25, 0.3) is 10.4 Å². The summed E-state index contributed by atoms with van der Waals surface area (Å²) >= 11 is 0. The van der Waals surface area contributed by atoms with Crippen LogP contribution >= 0.6 is 0 Å². The summed E-state index contributed by atoms with van der Waals surface area (Å²) in [4.78, 5) is 52.1. The van der Waals surface area contributed by atoms with Crippen molar-refractivity contribution in [3.8, 4) is 0 Å². The van der Waals surface area contributed by atoms with Crippen LogP contribution in [0.15, 0.2) is 28.6 Å². The van der Waals surface area contributed by atoms with Crippen LogP contribution < -0.4 is 10.6 Å². The first-order valence-electron chi connectivity index (χ1n) is 18.7. The number of amides is 4. The number of allylic oxidation sites excluding steroid dienone is 2. The summed E-state index contributed by atoms with van der Waals surface area (Å²) in [5, 5.41) is 18.5. The molecule has 1 aromatic heterocycles. The van der Waals surface area contributed by atoms with E-state index in [1.165, 1.54) is 17.7 Å². The highest BCUT2D eigenvalue weighted by Crippen LogP contribution is 2.47. The van der Waals surface area contributed by atoms with Crippen LogP contribution in [-0.4, -0.2) is 93.3 Å². The number of carbonyl (C=O) groups is 4. The molecule has 16 heteroatoms. The fourth-order valence-corrected chi connectivity index (χ4v) is 6.33. The molecule has 0 radical (unpaired) electrons. The van der Waals surface area contributed by atoms with Gasteiger partial charge in [0.15, 0.2) is 0 Å². The third kappa shape index (κ3) is 13.0. The molecular formula is C37H57N9O7. The number of hydrogen-bond acceptors (Lipinski definition) is 10. The first-order valence-corrected chi connectivity index (χ1v) is 18.7. The van der Waals surface area contributed by atoms with Crippen molar-refractivity contribution in [2.75, 3.05) is 32.8 Å². The number of nitrogens with zero attached hydrogens (tertiary/aromatic N) is 7. The Morgan fingerprint density at radius 1 is 0.981 bits per heavy atom. The number of ether oxygens (including phenoxy) is 3. The van der Waals surface area contributed by atoms with E-state index in [0.717, 1.165) is 60.6 Å². The summed E-state index contributed by atoms with van der Waals surface area (Å²) < 4.78 is 20.0. The summed E-state index contributed by atoms with van der Waals surface area (Å²) in [7, 11) is 0. The van der Waals surface area contributed by atoms with E-state index < -0.39 is 29.0 Å². The molecule has 0 saturated heterocycles. The van der Waals surface area contributed by atoms with E-state index in [1.807, 2.05) is 39.3 Å². The van der Waals surface area contributed by atoms with Gasteiger partial charge in [-0.15, -0.1) is 5.10 Å². The number of hydrogen-bond donors (Lipinski definition) is 2. The smallest absolute Gasteiger partial charge is 0.412 e. The zero-order valence-corrected chi connectivity index (χ0v) is 32.4. The van der Waals surface area contributed by atoms with Crippen molar-refractivity contribution in [3.63, 3.8) is 0 Å². The number of carbonyl (C=O) groups excluding carboxylic acids is 4. The van der Waals surface area contributed by atoms with Gasteiger partial charge >= 0.3 is 6.09 Å².